The quantitative estimate of drug-likeness (QED) is 0.260. The fourth-order valence-electron chi connectivity index (χ4n) is 2.59. The van der Waals surface area contributed by atoms with Crippen molar-refractivity contribution < 1.29 is 23.5 Å². The van der Waals surface area contributed by atoms with Gasteiger partial charge in [-0.05, 0) is 44.4 Å². The van der Waals surface area contributed by atoms with Crippen molar-refractivity contribution in [3.05, 3.63) is 65.0 Å². The number of hydrogen-bond acceptors (Lipinski definition) is 8. The number of hydrogen-bond donors (Lipinski definition) is 2. The van der Waals surface area contributed by atoms with Gasteiger partial charge in [0.25, 0.3) is 11.8 Å². The fourth-order valence-corrected chi connectivity index (χ4v) is 3.20. The predicted molar refractivity (Wildman–Crippen MR) is 113 cm³/mol. The average molecular weight is 440 g/mol. The topological polar surface area (TPSA) is 123 Å². The van der Waals surface area contributed by atoms with Crippen molar-refractivity contribution >= 4 is 29.5 Å². The minimum Gasteiger partial charge on any atom is -0.461 e. The largest absolute Gasteiger partial charge is 0.461 e. The Balaban J connectivity index is 1.59. The molecule has 10 heteroatoms. The van der Waals surface area contributed by atoms with Crippen LogP contribution in [0, 0.1) is 13.8 Å². The molecule has 160 valence electrons. The Morgan fingerprint density at radius 1 is 1.06 bits per heavy atom. The van der Waals surface area contributed by atoms with Crippen molar-refractivity contribution in [2.45, 2.75) is 18.9 Å². The molecule has 0 aliphatic heterocycles. The number of rotatable bonds is 6. The van der Waals surface area contributed by atoms with Gasteiger partial charge in [-0.2, -0.15) is 0 Å². The van der Waals surface area contributed by atoms with E-state index in [4.69, 9.17) is 9.15 Å². The Bertz CT molecular complexity index is 1100. The van der Waals surface area contributed by atoms with Crippen molar-refractivity contribution in [3.8, 4) is 11.6 Å². The zero-order valence-corrected chi connectivity index (χ0v) is 17.9. The number of benzene rings is 1. The number of hydrazine groups is 1. The van der Waals surface area contributed by atoms with E-state index >= 15 is 0 Å². The summed E-state index contributed by atoms with van der Waals surface area (Å²) in [5, 5.41) is 0.400. The number of ether oxygens (including phenoxy) is 1. The van der Waals surface area contributed by atoms with E-state index in [0.29, 0.717) is 27.9 Å². The highest BCUT2D eigenvalue weighted by Crippen LogP contribution is 2.25. The minimum absolute atomic E-state index is 0.166. The number of nitrogens with zero attached hydrogens (tertiary/aromatic N) is 2. The van der Waals surface area contributed by atoms with Gasteiger partial charge in [0.2, 0.25) is 0 Å². The summed E-state index contributed by atoms with van der Waals surface area (Å²) in [5.41, 5.74) is 6.43. The number of aromatic nitrogens is 2. The molecule has 0 saturated carbocycles. The number of aryl methyl sites for hydroxylation is 2. The Morgan fingerprint density at radius 2 is 1.81 bits per heavy atom. The first-order valence-corrected chi connectivity index (χ1v) is 10.4. The highest BCUT2D eigenvalue weighted by molar-refractivity contribution is 7.98. The van der Waals surface area contributed by atoms with Crippen molar-refractivity contribution in [2.75, 3.05) is 12.9 Å². The molecule has 9 nitrogen and oxygen atoms in total. The first-order chi connectivity index (χ1) is 14.9. The maximum Gasteiger partial charge on any atom is 0.343 e. The maximum absolute atomic E-state index is 12.5. The fraction of sp³-hybridized carbons (Fsp3) is 0.190. The van der Waals surface area contributed by atoms with Crippen LogP contribution < -0.4 is 10.9 Å². The number of amides is 2. The van der Waals surface area contributed by atoms with Gasteiger partial charge in [-0.25, -0.2) is 14.8 Å². The lowest BCUT2D eigenvalue weighted by Gasteiger charge is -2.11. The summed E-state index contributed by atoms with van der Waals surface area (Å²) in [6, 6.07) is 10.3. The van der Waals surface area contributed by atoms with Gasteiger partial charge in [0.05, 0.1) is 12.0 Å². The normalized spacial score (nSPS) is 10.4. The summed E-state index contributed by atoms with van der Waals surface area (Å²) < 4.78 is 10.4. The smallest absolute Gasteiger partial charge is 0.343 e. The number of furan rings is 1. The molecule has 2 heterocycles. The lowest BCUT2D eigenvalue weighted by atomic mass is 10.1. The second kappa shape index (κ2) is 9.90. The molecular formula is C21H20N4O5S. The molecule has 3 aromatic rings. The van der Waals surface area contributed by atoms with Crippen LogP contribution in [0.3, 0.4) is 0 Å². The molecule has 2 amide bonds. The lowest BCUT2D eigenvalue weighted by Crippen LogP contribution is -2.43. The number of thioether (sulfide) groups is 1. The molecule has 3 rings (SSSR count). The van der Waals surface area contributed by atoms with Crippen LogP contribution in [0.1, 0.15) is 32.0 Å². The number of nitrogens with one attached hydrogen (secondary N) is 2. The van der Waals surface area contributed by atoms with E-state index in [1.807, 2.05) is 6.92 Å². The van der Waals surface area contributed by atoms with Crippen molar-refractivity contribution in [1.29, 1.82) is 0 Å². The Labute approximate surface area is 182 Å². The van der Waals surface area contributed by atoms with Gasteiger partial charge in [0, 0.05) is 5.56 Å². The molecular weight excluding hydrogens is 420 g/mol. The monoisotopic (exact) mass is 440 g/mol. The van der Waals surface area contributed by atoms with Crippen LogP contribution in [0.2, 0.25) is 0 Å². The first kappa shape index (κ1) is 22.0. The van der Waals surface area contributed by atoms with Crippen LogP contribution in [0.5, 0.6) is 0 Å². The maximum atomic E-state index is 12.5. The van der Waals surface area contributed by atoms with Gasteiger partial charge < -0.3 is 9.15 Å². The average Bonchev–Trinajstić information content (AvgIpc) is 3.30. The summed E-state index contributed by atoms with van der Waals surface area (Å²) in [4.78, 5) is 45.2. The Morgan fingerprint density at radius 3 is 2.45 bits per heavy atom. The van der Waals surface area contributed by atoms with Gasteiger partial charge in [-0.15, -0.1) is 11.8 Å². The van der Waals surface area contributed by atoms with Crippen molar-refractivity contribution in [2.24, 2.45) is 0 Å². The summed E-state index contributed by atoms with van der Waals surface area (Å²) >= 11 is 1.25. The predicted octanol–water partition coefficient (Wildman–Crippen LogP) is 2.69. The molecule has 0 radical (unpaired) electrons. The number of carbonyl (C=O) groups is 3. The highest BCUT2D eigenvalue weighted by Gasteiger charge is 2.22. The molecule has 0 unspecified atom stereocenters. The minimum atomic E-state index is -0.743. The number of carbonyl (C=O) groups excluding carboxylic acids is 3. The van der Waals surface area contributed by atoms with E-state index in [-0.39, 0.29) is 5.56 Å². The summed E-state index contributed by atoms with van der Waals surface area (Å²) in [6.07, 6.45) is 3.27. The van der Waals surface area contributed by atoms with Crippen molar-refractivity contribution in [1.82, 2.24) is 20.8 Å². The standard InChI is InChI=1S/C21H20N4O5S/c1-12-6-8-14(9-7-12)19(27)25-24-16(26)11-30-21(28)17-13(2)22-18(23-20(17)31-3)15-5-4-10-29-15/h4-10H,11H2,1-3H3,(H,24,26)(H,25,27). The summed E-state index contributed by atoms with van der Waals surface area (Å²) in [5.74, 6) is -1.10. The van der Waals surface area contributed by atoms with Crippen LogP contribution in [-0.4, -0.2) is 40.6 Å². The lowest BCUT2D eigenvalue weighted by molar-refractivity contribution is -0.125. The van der Waals surface area contributed by atoms with Gasteiger partial charge in [-0.3, -0.25) is 20.4 Å². The highest BCUT2D eigenvalue weighted by atomic mass is 32.2. The van der Waals surface area contributed by atoms with E-state index < -0.39 is 24.4 Å². The molecule has 0 bridgehead atoms. The third-order valence-electron chi connectivity index (χ3n) is 4.16. The van der Waals surface area contributed by atoms with E-state index in [9.17, 15) is 14.4 Å². The first-order valence-electron chi connectivity index (χ1n) is 9.18. The molecule has 0 saturated heterocycles. The van der Waals surface area contributed by atoms with Crippen LogP contribution in [0.4, 0.5) is 0 Å². The van der Waals surface area contributed by atoms with Crippen LogP contribution >= 0.6 is 11.8 Å². The molecule has 0 spiro atoms. The molecule has 0 fully saturated rings. The van der Waals surface area contributed by atoms with Crippen molar-refractivity contribution in [3.63, 3.8) is 0 Å². The SMILES string of the molecule is CSc1nc(-c2ccco2)nc(C)c1C(=O)OCC(=O)NNC(=O)c1ccc(C)cc1. The molecule has 0 aliphatic carbocycles. The Hall–Kier alpha value is -3.66. The summed E-state index contributed by atoms with van der Waals surface area (Å²) in [6.45, 7) is 2.96. The van der Waals surface area contributed by atoms with Crippen LogP contribution in [0.15, 0.2) is 52.1 Å². The molecule has 2 N–H and O–H groups in total. The van der Waals surface area contributed by atoms with E-state index in [1.54, 1.807) is 49.6 Å². The molecule has 0 atom stereocenters. The van der Waals surface area contributed by atoms with Crippen LogP contribution in [0.25, 0.3) is 11.6 Å². The molecule has 2 aromatic heterocycles. The third kappa shape index (κ3) is 5.48. The zero-order chi connectivity index (χ0) is 22.4. The van der Waals surface area contributed by atoms with E-state index in [0.717, 1.165) is 5.56 Å². The third-order valence-corrected chi connectivity index (χ3v) is 4.84. The molecule has 0 aliphatic rings. The van der Waals surface area contributed by atoms with E-state index in [2.05, 4.69) is 20.8 Å². The number of esters is 1. The zero-order valence-electron chi connectivity index (χ0n) is 17.1. The van der Waals surface area contributed by atoms with Gasteiger partial charge in [0.1, 0.15) is 10.6 Å². The molecule has 1 aromatic carbocycles. The van der Waals surface area contributed by atoms with Crippen LogP contribution in [-0.2, 0) is 9.53 Å². The second-order valence-electron chi connectivity index (χ2n) is 6.44. The van der Waals surface area contributed by atoms with Gasteiger partial charge >= 0.3 is 5.97 Å². The molecule has 31 heavy (non-hydrogen) atoms. The van der Waals surface area contributed by atoms with Gasteiger partial charge in [0.15, 0.2) is 18.2 Å². The van der Waals surface area contributed by atoms with Gasteiger partial charge in [-0.1, -0.05) is 17.7 Å². The van der Waals surface area contributed by atoms with E-state index in [1.165, 1.54) is 18.0 Å². The second-order valence-corrected chi connectivity index (χ2v) is 7.23. The summed E-state index contributed by atoms with van der Waals surface area (Å²) in [7, 11) is 0. The Kier molecular flexibility index (Phi) is 7.03.